The van der Waals surface area contributed by atoms with Crippen molar-refractivity contribution in [3.05, 3.63) is 35.6 Å². The van der Waals surface area contributed by atoms with Crippen LogP contribution in [0.4, 0.5) is 4.39 Å². The maximum Gasteiger partial charge on any atom is 0.220 e. The zero-order valence-corrected chi connectivity index (χ0v) is 12.1. The van der Waals surface area contributed by atoms with E-state index in [9.17, 15) is 14.0 Å². The Morgan fingerprint density at radius 3 is 2.67 bits per heavy atom. The van der Waals surface area contributed by atoms with Crippen molar-refractivity contribution in [1.82, 2.24) is 5.32 Å². The molecule has 1 aliphatic rings. The van der Waals surface area contributed by atoms with Gasteiger partial charge in [-0.2, -0.15) is 0 Å². The summed E-state index contributed by atoms with van der Waals surface area (Å²) in [6.45, 7) is 2.64. The minimum absolute atomic E-state index is 0.121. The van der Waals surface area contributed by atoms with Gasteiger partial charge < -0.3 is 10.1 Å². The second kappa shape index (κ2) is 7.31. The van der Waals surface area contributed by atoms with Crippen molar-refractivity contribution >= 4 is 11.7 Å². The van der Waals surface area contributed by atoms with Gasteiger partial charge in [0.25, 0.3) is 0 Å². The predicted molar refractivity (Wildman–Crippen MR) is 76.5 cm³/mol. The summed E-state index contributed by atoms with van der Waals surface area (Å²) < 4.78 is 18.2. The van der Waals surface area contributed by atoms with Gasteiger partial charge in [-0.15, -0.1) is 0 Å². The fourth-order valence-electron chi connectivity index (χ4n) is 2.44. The maximum absolute atomic E-state index is 12.8. The average Bonchev–Trinajstić information content (AvgIpc) is 2.45. The van der Waals surface area contributed by atoms with Gasteiger partial charge in [0, 0.05) is 31.1 Å². The molecule has 1 aromatic carbocycles. The number of hydrogen-bond acceptors (Lipinski definition) is 3. The van der Waals surface area contributed by atoms with Crippen molar-refractivity contribution in [2.45, 2.75) is 44.8 Å². The molecule has 0 aromatic heterocycles. The number of hydrogen-bond donors (Lipinski definition) is 1. The van der Waals surface area contributed by atoms with Crippen molar-refractivity contribution in [2.24, 2.45) is 0 Å². The lowest BCUT2D eigenvalue weighted by Gasteiger charge is -2.27. The highest BCUT2D eigenvalue weighted by Crippen LogP contribution is 2.13. The summed E-state index contributed by atoms with van der Waals surface area (Å²) in [5, 5.41) is 2.93. The first-order valence-electron chi connectivity index (χ1n) is 7.24. The molecule has 1 aromatic rings. The second-order valence-corrected chi connectivity index (χ2v) is 5.40. The van der Waals surface area contributed by atoms with E-state index in [-0.39, 0.29) is 42.5 Å². The molecule has 1 amide bonds. The molecule has 0 saturated carbocycles. The number of carbonyl (C=O) groups is 2. The van der Waals surface area contributed by atoms with Gasteiger partial charge in [-0.05, 0) is 44.0 Å². The molecule has 21 heavy (non-hydrogen) atoms. The topological polar surface area (TPSA) is 55.4 Å². The smallest absolute Gasteiger partial charge is 0.220 e. The first-order chi connectivity index (χ1) is 10.0. The van der Waals surface area contributed by atoms with Crippen LogP contribution in [-0.2, 0) is 9.53 Å². The zero-order chi connectivity index (χ0) is 15.2. The molecule has 5 heteroatoms. The van der Waals surface area contributed by atoms with Gasteiger partial charge in [0.15, 0.2) is 5.78 Å². The fourth-order valence-corrected chi connectivity index (χ4v) is 2.44. The van der Waals surface area contributed by atoms with E-state index in [2.05, 4.69) is 5.32 Å². The third-order valence-electron chi connectivity index (χ3n) is 3.60. The first kappa shape index (κ1) is 15.6. The number of Topliss-reactive ketones (excluding diaryl/α,β-unsaturated/α-hetero) is 1. The Morgan fingerprint density at radius 2 is 2.00 bits per heavy atom. The molecule has 0 unspecified atom stereocenters. The predicted octanol–water partition coefficient (Wildman–Crippen LogP) is 2.47. The monoisotopic (exact) mass is 293 g/mol. The minimum atomic E-state index is -0.377. The highest BCUT2D eigenvalue weighted by Gasteiger charge is 2.21. The number of nitrogens with one attached hydrogen (secondary N) is 1. The average molecular weight is 293 g/mol. The Kier molecular flexibility index (Phi) is 5.44. The number of ketones is 1. The summed E-state index contributed by atoms with van der Waals surface area (Å²) in [7, 11) is 0. The van der Waals surface area contributed by atoms with Gasteiger partial charge in [-0.3, -0.25) is 9.59 Å². The van der Waals surface area contributed by atoms with Gasteiger partial charge in [-0.1, -0.05) is 0 Å². The molecule has 0 spiro atoms. The molecule has 114 valence electrons. The molecule has 1 N–H and O–H groups in total. The Bertz CT molecular complexity index is 501. The Labute approximate surface area is 123 Å². The Morgan fingerprint density at radius 1 is 1.29 bits per heavy atom. The molecule has 1 fully saturated rings. The zero-order valence-electron chi connectivity index (χ0n) is 12.1. The summed E-state index contributed by atoms with van der Waals surface area (Å²) in [6.07, 6.45) is 2.06. The number of halogens is 1. The van der Waals surface area contributed by atoms with E-state index in [1.54, 1.807) is 0 Å². The lowest BCUT2D eigenvalue weighted by Crippen LogP contribution is -2.41. The first-order valence-corrected chi connectivity index (χ1v) is 7.24. The molecule has 1 saturated heterocycles. The van der Waals surface area contributed by atoms with Gasteiger partial charge in [0.2, 0.25) is 5.91 Å². The maximum atomic E-state index is 12.8. The molecule has 0 aliphatic carbocycles. The standard InChI is InChI=1S/C16H20FNO3/c1-11-10-14(8-9-21-11)18-16(20)7-6-15(19)12-2-4-13(17)5-3-12/h2-5,11,14H,6-10H2,1H3,(H,18,20)/t11-,14-/m1/s1. The highest BCUT2D eigenvalue weighted by atomic mass is 19.1. The molecule has 1 heterocycles. The lowest BCUT2D eigenvalue weighted by molar-refractivity contribution is -0.122. The largest absolute Gasteiger partial charge is 0.378 e. The Hall–Kier alpha value is -1.75. The summed E-state index contributed by atoms with van der Waals surface area (Å²) >= 11 is 0. The van der Waals surface area contributed by atoms with Crippen LogP contribution in [0, 0.1) is 5.82 Å². The van der Waals surface area contributed by atoms with Crippen LogP contribution in [-0.4, -0.2) is 30.4 Å². The van der Waals surface area contributed by atoms with Gasteiger partial charge in [-0.25, -0.2) is 4.39 Å². The van der Waals surface area contributed by atoms with Crippen molar-refractivity contribution in [2.75, 3.05) is 6.61 Å². The van der Waals surface area contributed by atoms with Crippen molar-refractivity contribution in [3.8, 4) is 0 Å². The van der Waals surface area contributed by atoms with E-state index in [1.807, 2.05) is 6.92 Å². The van der Waals surface area contributed by atoms with E-state index >= 15 is 0 Å². The fraction of sp³-hybridized carbons (Fsp3) is 0.500. The van der Waals surface area contributed by atoms with Crippen molar-refractivity contribution in [3.63, 3.8) is 0 Å². The van der Waals surface area contributed by atoms with E-state index in [0.717, 1.165) is 12.8 Å². The number of ether oxygens (including phenoxy) is 1. The third-order valence-corrected chi connectivity index (χ3v) is 3.60. The van der Waals surface area contributed by atoms with E-state index in [1.165, 1.54) is 24.3 Å². The van der Waals surface area contributed by atoms with Crippen LogP contribution in [0.1, 0.15) is 43.0 Å². The molecule has 2 atom stereocenters. The van der Waals surface area contributed by atoms with E-state index in [0.29, 0.717) is 12.2 Å². The van der Waals surface area contributed by atoms with Crippen LogP contribution >= 0.6 is 0 Å². The molecular formula is C16H20FNO3. The SMILES string of the molecule is C[C@@H]1C[C@H](NC(=O)CCC(=O)c2ccc(F)cc2)CCO1. The van der Waals surface area contributed by atoms with Crippen molar-refractivity contribution in [1.29, 1.82) is 0 Å². The number of benzene rings is 1. The lowest BCUT2D eigenvalue weighted by atomic mass is 10.0. The number of carbonyl (C=O) groups excluding carboxylic acids is 2. The molecular weight excluding hydrogens is 273 g/mol. The van der Waals surface area contributed by atoms with Gasteiger partial charge in [0.1, 0.15) is 5.82 Å². The number of amides is 1. The normalized spacial score (nSPS) is 21.8. The third kappa shape index (κ3) is 4.93. The van der Waals surface area contributed by atoms with Crippen LogP contribution in [0.5, 0.6) is 0 Å². The van der Waals surface area contributed by atoms with Crippen LogP contribution in [0.25, 0.3) is 0 Å². The molecule has 1 aliphatic heterocycles. The summed E-state index contributed by atoms with van der Waals surface area (Å²) in [5.74, 6) is -0.645. The Balaban J connectivity index is 1.75. The van der Waals surface area contributed by atoms with Gasteiger partial charge in [0.05, 0.1) is 6.10 Å². The quantitative estimate of drug-likeness (QED) is 0.849. The molecule has 0 radical (unpaired) electrons. The molecule has 0 bridgehead atoms. The minimum Gasteiger partial charge on any atom is -0.378 e. The van der Waals surface area contributed by atoms with Crippen LogP contribution in [0.15, 0.2) is 24.3 Å². The van der Waals surface area contributed by atoms with Crippen molar-refractivity contribution < 1.29 is 18.7 Å². The second-order valence-electron chi connectivity index (χ2n) is 5.40. The number of rotatable bonds is 5. The van der Waals surface area contributed by atoms with Gasteiger partial charge >= 0.3 is 0 Å². The highest BCUT2D eigenvalue weighted by molar-refractivity contribution is 5.97. The summed E-state index contributed by atoms with van der Waals surface area (Å²) in [5.41, 5.74) is 0.434. The van der Waals surface area contributed by atoms with Crippen LogP contribution in [0.3, 0.4) is 0 Å². The molecule has 2 rings (SSSR count). The van der Waals surface area contributed by atoms with E-state index in [4.69, 9.17) is 4.74 Å². The summed E-state index contributed by atoms with van der Waals surface area (Å²) in [4.78, 5) is 23.7. The van der Waals surface area contributed by atoms with Crippen LogP contribution < -0.4 is 5.32 Å². The molecule has 4 nitrogen and oxygen atoms in total. The van der Waals surface area contributed by atoms with E-state index < -0.39 is 0 Å². The van der Waals surface area contributed by atoms with Crippen LogP contribution in [0.2, 0.25) is 0 Å². The summed E-state index contributed by atoms with van der Waals surface area (Å²) in [6, 6.07) is 5.50.